The molecule has 0 aliphatic carbocycles. The molecule has 4 nitrogen and oxygen atoms in total. The van der Waals surface area contributed by atoms with Crippen LogP contribution in [0.4, 0.5) is 0 Å². The average Bonchev–Trinajstić information content (AvgIpc) is 2.22. The van der Waals surface area contributed by atoms with Gasteiger partial charge in [-0.25, -0.2) is 0 Å². The van der Waals surface area contributed by atoms with E-state index in [1.165, 1.54) is 0 Å². The zero-order valence-electron chi connectivity index (χ0n) is 13.6. The van der Waals surface area contributed by atoms with E-state index in [0.29, 0.717) is 0 Å². The minimum absolute atomic E-state index is 0.0617. The lowest BCUT2D eigenvalue weighted by molar-refractivity contribution is -0.130. The number of rotatable bonds is 6. The van der Waals surface area contributed by atoms with Crippen molar-refractivity contribution < 1.29 is 9.59 Å². The van der Waals surface area contributed by atoms with Gasteiger partial charge in [0.2, 0.25) is 5.91 Å². The van der Waals surface area contributed by atoms with Crippen LogP contribution < -0.4 is 10.6 Å². The first-order chi connectivity index (χ1) is 8.45. The molecule has 112 valence electrons. The summed E-state index contributed by atoms with van der Waals surface area (Å²) in [4.78, 5) is 24.1. The fourth-order valence-corrected chi connectivity index (χ4v) is 1.88. The third kappa shape index (κ3) is 6.71. The number of Topliss-reactive ketones (excluding diaryl/α,β-unsaturated/α-hetero) is 1. The van der Waals surface area contributed by atoms with Crippen molar-refractivity contribution in [1.82, 2.24) is 10.6 Å². The summed E-state index contributed by atoms with van der Waals surface area (Å²) in [6.07, 6.45) is 0. The molecule has 0 aliphatic heterocycles. The van der Waals surface area contributed by atoms with Crippen LogP contribution in [0.2, 0.25) is 0 Å². The van der Waals surface area contributed by atoms with Crippen molar-refractivity contribution in [3.63, 3.8) is 0 Å². The van der Waals surface area contributed by atoms with Crippen LogP contribution in [0.5, 0.6) is 0 Å². The first kappa shape index (κ1) is 18.1. The number of carbonyl (C=O) groups excluding carboxylic acids is 2. The molecule has 2 atom stereocenters. The highest BCUT2D eigenvalue weighted by atomic mass is 16.2. The number of amides is 1. The zero-order valence-corrected chi connectivity index (χ0v) is 13.6. The van der Waals surface area contributed by atoms with E-state index >= 15 is 0 Å². The Labute approximate surface area is 117 Å². The molecule has 4 heteroatoms. The lowest BCUT2D eigenvalue weighted by atomic mass is 9.97. The van der Waals surface area contributed by atoms with Crippen molar-refractivity contribution in [1.29, 1.82) is 0 Å². The maximum absolute atomic E-state index is 12.3. The van der Waals surface area contributed by atoms with Gasteiger partial charge in [-0.1, -0.05) is 27.7 Å². The van der Waals surface area contributed by atoms with Gasteiger partial charge in [-0.15, -0.1) is 0 Å². The Bertz CT molecular complexity index is 317. The second kappa shape index (κ2) is 7.04. The van der Waals surface area contributed by atoms with E-state index in [-0.39, 0.29) is 35.1 Å². The van der Waals surface area contributed by atoms with Gasteiger partial charge in [0.1, 0.15) is 0 Å². The van der Waals surface area contributed by atoms with Crippen LogP contribution in [-0.2, 0) is 9.59 Å². The number of hydrogen-bond donors (Lipinski definition) is 2. The van der Waals surface area contributed by atoms with Crippen LogP contribution >= 0.6 is 0 Å². The minimum atomic E-state index is -0.435. The molecule has 0 radical (unpaired) electrons. The minimum Gasteiger partial charge on any atom is -0.345 e. The van der Waals surface area contributed by atoms with Crippen LogP contribution in [0.3, 0.4) is 0 Å². The molecule has 0 fully saturated rings. The van der Waals surface area contributed by atoms with E-state index in [1.807, 2.05) is 48.5 Å². The predicted octanol–water partition coefficient (Wildman–Crippen LogP) is 2.13. The predicted molar refractivity (Wildman–Crippen MR) is 79.0 cm³/mol. The highest BCUT2D eigenvalue weighted by molar-refractivity contribution is 5.91. The summed E-state index contributed by atoms with van der Waals surface area (Å²) in [5.74, 6) is 0.0574. The molecule has 0 aromatic carbocycles. The van der Waals surface area contributed by atoms with E-state index in [0.717, 1.165) is 0 Å². The summed E-state index contributed by atoms with van der Waals surface area (Å²) in [5, 5.41) is 6.12. The summed E-state index contributed by atoms with van der Waals surface area (Å²) in [7, 11) is 0. The van der Waals surface area contributed by atoms with Gasteiger partial charge in [0.25, 0.3) is 0 Å². The van der Waals surface area contributed by atoms with Crippen molar-refractivity contribution in [3.05, 3.63) is 0 Å². The summed E-state index contributed by atoms with van der Waals surface area (Å²) >= 11 is 0. The molecule has 0 aromatic heterocycles. The standard InChI is InChI=1S/C15H30N2O2/c1-9(2)12(17-15(6,7)8)14(19)16-11(5)13(18)10(3)4/h9-12,17H,1-8H3,(H,16,19)/t11-,12-/m0/s1. The summed E-state index contributed by atoms with van der Waals surface area (Å²) in [5.41, 5.74) is -0.141. The van der Waals surface area contributed by atoms with Crippen LogP contribution in [-0.4, -0.2) is 29.3 Å². The third-order valence-electron chi connectivity index (χ3n) is 2.89. The Hall–Kier alpha value is -0.900. The number of carbonyl (C=O) groups is 2. The van der Waals surface area contributed by atoms with Crippen LogP contribution in [0, 0.1) is 11.8 Å². The Balaban J connectivity index is 4.71. The second-order valence-corrected chi connectivity index (χ2v) is 6.90. The van der Waals surface area contributed by atoms with E-state index in [1.54, 1.807) is 6.92 Å². The molecular formula is C15H30N2O2. The molecule has 0 bridgehead atoms. The molecule has 0 spiro atoms. The largest absolute Gasteiger partial charge is 0.345 e. The van der Waals surface area contributed by atoms with Gasteiger partial charge < -0.3 is 10.6 Å². The quantitative estimate of drug-likeness (QED) is 0.777. The zero-order chi connectivity index (χ0) is 15.4. The molecule has 0 heterocycles. The van der Waals surface area contributed by atoms with Crippen molar-refractivity contribution in [2.45, 2.75) is 73.0 Å². The van der Waals surface area contributed by atoms with Crippen LogP contribution in [0.25, 0.3) is 0 Å². The maximum Gasteiger partial charge on any atom is 0.237 e. The topological polar surface area (TPSA) is 58.2 Å². The van der Waals surface area contributed by atoms with Crippen molar-refractivity contribution in [2.24, 2.45) is 11.8 Å². The Morgan fingerprint density at radius 1 is 0.947 bits per heavy atom. The average molecular weight is 270 g/mol. The molecule has 19 heavy (non-hydrogen) atoms. The first-order valence-corrected chi connectivity index (χ1v) is 7.07. The second-order valence-electron chi connectivity index (χ2n) is 6.90. The fourth-order valence-electron chi connectivity index (χ4n) is 1.88. The lowest BCUT2D eigenvalue weighted by Crippen LogP contribution is -2.56. The highest BCUT2D eigenvalue weighted by Crippen LogP contribution is 2.09. The number of hydrogen-bond acceptors (Lipinski definition) is 3. The monoisotopic (exact) mass is 270 g/mol. The normalized spacial score (nSPS) is 15.5. The van der Waals surface area contributed by atoms with Gasteiger partial charge in [0, 0.05) is 11.5 Å². The first-order valence-electron chi connectivity index (χ1n) is 7.07. The molecule has 1 amide bonds. The van der Waals surface area contributed by atoms with E-state index in [9.17, 15) is 9.59 Å². The van der Waals surface area contributed by atoms with E-state index in [2.05, 4.69) is 10.6 Å². The van der Waals surface area contributed by atoms with Crippen molar-refractivity contribution >= 4 is 11.7 Å². The summed E-state index contributed by atoms with van der Waals surface area (Å²) in [6, 6.07) is -0.724. The van der Waals surface area contributed by atoms with Crippen molar-refractivity contribution in [3.8, 4) is 0 Å². The molecule has 2 N–H and O–H groups in total. The van der Waals surface area contributed by atoms with Crippen molar-refractivity contribution in [2.75, 3.05) is 0 Å². The van der Waals surface area contributed by atoms with Gasteiger partial charge in [0.05, 0.1) is 12.1 Å². The van der Waals surface area contributed by atoms with Crippen LogP contribution in [0.15, 0.2) is 0 Å². The lowest BCUT2D eigenvalue weighted by Gasteiger charge is -2.31. The maximum atomic E-state index is 12.3. The smallest absolute Gasteiger partial charge is 0.237 e. The summed E-state index contributed by atoms with van der Waals surface area (Å²) < 4.78 is 0. The van der Waals surface area contributed by atoms with Gasteiger partial charge in [-0.2, -0.15) is 0 Å². The molecule has 0 aromatic rings. The molecule has 0 saturated carbocycles. The van der Waals surface area contributed by atoms with Crippen LogP contribution in [0.1, 0.15) is 55.4 Å². The molecule has 0 saturated heterocycles. The number of ketones is 1. The van der Waals surface area contributed by atoms with Gasteiger partial charge in [-0.05, 0) is 33.6 Å². The number of nitrogens with one attached hydrogen (secondary N) is 2. The Morgan fingerprint density at radius 3 is 1.74 bits per heavy atom. The summed E-state index contributed by atoms with van der Waals surface area (Å²) in [6.45, 7) is 15.5. The molecule has 0 unspecified atom stereocenters. The van der Waals surface area contributed by atoms with Gasteiger partial charge >= 0.3 is 0 Å². The Kier molecular flexibility index (Phi) is 6.70. The fraction of sp³-hybridized carbons (Fsp3) is 0.867. The molecular weight excluding hydrogens is 240 g/mol. The Morgan fingerprint density at radius 2 is 1.42 bits per heavy atom. The molecule has 0 rings (SSSR count). The van der Waals surface area contributed by atoms with Gasteiger partial charge in [-0.3, -0.25) is 9.59 Å². The SMILES string of the molecule is CC(C)C(=O)[C@H](C)NC(=O)[C@@H](NC(C)(C)C)C(C)C. The third-order valence-corrected chi connectivity index (χ3v) is 2.89. The van der Waals surface area contributed by atoms with E-state index in [4.69, 9.17) is 0 Å². The van der Waals surface area contributed by atoms with E-state index < -0.39 is 6.04 Å². The highest BCUT2D eigenvalue weighted by Gasteiger charge is 2.28. The van der Waals surface area contributed by atoms with Gasteiger partial charge in [0.15, 0.2) is 5.78 Å². The molecule has 0 aliphatic rings.